The van der Waals surface area contributed by atoms with Crippen molar-refractivity contribution in [3.63, 3.8) is 0 Å². The van der Waals surface area contributed by atoms with Crippen molar-refractivity contribution in [3.8, 4) is 0 Å². The SMILES string of the molecule is CNCCCCS(=O)(=O)NCCCOCC(C)C. The summed E-state index contributed by atoms with van der Waals surface area (Å²) in [5.74, 6) is 0.732. The zero-order chi connectivity index (χ0) is 13.9. The molecule has 0 amide bonds. The Morgan fingerprint density at radius 3 is 2.44 bits per heavy atom. The van der Waals surface area contributed by atoms with Crippen molar-refractivity contribution >= 4 is 10.0 Å². The fourth-order valence-electron chi connectivity index (χ4n) is 1.39. The molecule has 0 radical (unpaired) electrons. The second-order valence-corrected chi connectivity index (χ2v) is 6.77. The average Bonchev–Trinajstić information content (AvgIpc) is 2.29. The van der Waals surface area contributed by atoms with Crippen molar-refractivity contribution in [1.29, 1.82) is 0 Å². The zero-order valence-electron chi connectivity index (χ0n) is 11.9. The van der Waals surface area contributed by atoms with E-state index in [4.69, 9.17) is 4.74 Å². The summed E-state index contributed by atoms with van der Waals surface area (Å²) in [6, 6.07) is 0. The summed E-state index contributed by atoms with van der Waals surface area (Å²) in [6.45, 7) is 6.85. The minimum absolute atomic E-state index is 0.210. The first-order valence-corrected chi connectivity index (χ1v) is 8.33. The maximum absolute atomic E-state index is 11.6. The molecule has 0 aromatic rings. The van der Waals surface area contributed by atoms with Gasteiger partial charge in [0.15, 0.2) is 0 Å². The minimum Gasteiger partial charge on any atom is -0.381 e. The molecule has 0 bridgehead atoms. The number of hydrogen-bond donors (Lipinski definition) is 2. The molecule has 0 unspecified atom stereocenters. The molecule has 0 spiro atoms. The van der Waals surface area contributed by atoms with Crippen molar-refractivity contribution in [2.45, 2.75) is 33.1 Å². The molecule has 0 atom stereocenters. The summed E-state index contributed by atoms with van der Waals surface area (Å²) >= 11 is 0. The molecule has 0 heterocycles. The van der Waals surface area contributed by atoms with Gasteiger partial charge in [0, 0.05) is 19.8 Å². The molecule has 0 saturated heterocycles. The van der Waals surface area contributed by atoms with E-state index in [-0.39, 0.29) is 5.75 Å². The molecule has 110 valence electrons. The van der Waals surface area contributed by atoms with Crippen molar-refractivity contribution < 1.29 is 13.2 Å². The Morgan fingerprint density at radius 2 is 1.83 bits per heavy atom. The molecule has 0 aliphatic rings. The van der Waals surface area contributed by atoms with Gasteiger partial charge in [-0.1, -0.05) is 13.8 Å². The van der Waals surface area contributed by atoms with Crippen LogP contribution < -0.4 is 10.0 Å². The minimum atomic E-state index is -3.10. The first-order chi connectivity index (χ1) is 8.48. The molecule has 5 nitrogen and oxygen atoms in total. The van der Waals surface area contributed by atoms with Gasteiger partial charge >= 0.3 is 0 Å². The van der Waals surface area contributed by atoms with Gasteiger partial charge in [0.1, 0.15) is 0 Å². The van der Waals surface area contributed by atoms with Gasteiger partial charge in [-0.15, -0.1) is 0 Å². The highest BCUT2D eigenvalue weighted by molar-refractivity contribution is 7.89. The van der Waals surface area contributed by atoms with Gasteiger partial charge in [-0.2, -0.15) is 0 Å². The second-order valence-electron chi connectivity index (χ2n) is 4.85. The van der Waals surface area contributed by atoms with Crippen LogP contribution in [0.4, 0.5) is 0 Å². The van der Waals surface area contributed by atoms with Gasteiger partial charge in [-0.05, 0) is 38.8 Å². The van der Waals surface area contributed by atoms with Crippen molar-refractivity contribution in [2.75, 3.05) is 39.1 Å². The number of ether oxygens (including phenoxy) is 1. The van der Waals surface area contributed by atoms with Crippen LogP contribution in [0.15, 0.2) is 0 Å². The molecule has 0 saturated carbocycles. The Labute approximate surface area is 112 Å². The normalized spacial score (nSPS) is 12.2. The summed E-state index contributed by atoms with van der Waals surface area (Å²) in [4.78, 5) is 0. The van der Waals surface area contributed by atoms with E-state index >= 15 is 0 Å². The Kier molecular flexibility index (Phi) is 10.6. The Bertz CT molecular complexity index is 279. The van der Waals surface area contributed by atoms with Gasteiger partial charge in [0.25, 0.3) is 0 Å². The lowest BCUT2D eigenvalue weighted by atomic mass is 10.2. The van der Waals surface area contributed by atoms with E-state index < -0.39 is 10.0 Å². The standard InChI is InChI=1S/C12H28N2O3S/c1-12(2)11-17-9-6-8-14-18(15,16)10-5-4-7-13-3/h12-14H,4-11H2,1-3H3. The van der Waals surface area contributed by atoms with Crippen LogP contribution in [0.5, 0.6) is 0 Å². The lowest BCUT2D eigenvalue weighted by Gasteiger charge is -2.08. The predicted molar refractivity (Wildman–Crippen MR) is 75.2 cm³/mol. The largest absolute Gasteiger partial charge is 0.381 e. The summed E-state index contributed by atoms with van der Waals surface area (Å²) in [6.07, 6.45) is 2.30. The number of sulfonamides is 1. The van der Waals surface area contributed by atoms with Gasteiger partial charge in [-0.3, -0.25) is 0 Å². The molecule has 18 heavy (non-hydrogen) atoms. The maximum atomic E-state index is 11.6. The molecule has 0 rings (SSSR count). The van der Waals surface area contributed by atoms with Crippen LogP contribution in [0.25, 0.3) is 0 Å². The van der Waals surface area contributed by atoms with E-state index in [0.29, 0.717) is 25.5 Å². The summed E-state index contributed by atoms with van der Waals surface area (Å²) < 4.78 is 31.1. The van der Waals surface area contributed by atoms with Crippen molar-refractivity contribution in [3.05, 3.63) is 0 Å². The first kappa shape index (κ1) is 17.8. The quantitative estimate of drug-likeness (QED) is 0.523. The van der Waals surface area contributed by atoms with Crippen LogP contribution in [0.1, 0.15) is 33.1 Å². The number of unbranched alkanes of at least 4 members (excludes halogenated alkanes) is 1. The summed E-state index contributed by atoms with van der Waals surface area (Å²) in [5, 5.41) is 3.00. The van der Waals surface area contributed by atoms with Crippen LogP contribution >= 0.6 is 0 Å². The topological polar surface area (TPSA) is 67.4 Å². The number of nitrogens with one attached hydrogen (secondary N) is 2. The highest BCUT2D eigenvalue weighted by Crippen LogP contribution is 1.95. The van der Waals surface area contributed by atoms with E-state index in [0.717, 1.165) is 26.0 Å². The third kappa shape index (κ3) is 12.3. The van der Waals surface area contributed by atoms with E-state index in [9.17, 15) is 8.42 Å². The molecular formula is C12H28N2O3S. The third-order valence-electron chi connectivity index (χ3n) is 2.33. The summed E-state index contributed by atoms with van der Waals surface area (Å²) in [5.41, 5.74) is 0. The fraction of sp³-hybridized carbons (Fsp3) is 1.00. The molecule has 0 aromatic heterocycles. The highest BCUT2D eigenvalue weighted by Gasteiger charge is 2.08. The molecule has 0 aliphatic heterocycles. The van der Waals surface area contributed by atoms with Gasteiger partial charge < -0.3 is 10.1 Å². The van der Waals surface area contributed by atoms with E-state index in [1.165, 1.54) is 0 Å². The monoisotopic (exact) mass is 280 g/mol. The highest BCUT2D eigenvalue weighted by atomic mass is 32.2. The number of rotatable bonds is 12. The predicted octanol–water partition coefficient (Wildman–Crippen LogP) is 0.968. The van der Waals surface area contributed by atoms with Gasteiger partial charge in [0.2, 0.25) is 10.0 Å². The van der Waals surface area contributed by atoms with Crippen molar-refractivity contribution in [2.24, 2.45) is 5.92 Å². The molecule has 0 fully saturated rings. The van der Waals surface area contributed by atoms with E-state index in [1.54, 1.807) is 0 Å². The van der Waals surface area contributed by atoms with E-state index in [2.05, 4.69) is 23.9 Å². The Hall–Kier alpha value is -0.170. The zero-order valence-corrected chi connectivity index (χ0v) is 12.7. The lowest BCUT2D eigenvalue weighted by molar-refractivity contribution is 0.108. The average molecular weight is 280 g/mol. The fourth-order valence-corrected chi connectivity index (χ4v) is 2.57. The third-order valence-corrected chi connectivity index (χ3v) is 3.80. The Morgan fingerprint density at radius 1 is 1.11 bits per heavy atom. The Balaban J connectivity index is 3.47. The van der Waals surface area contributed by atoms with Crippen LogP contribution in [-0.4, -0.2) is 47.5 Å². The van der Waals surface area contributed by atoms with Crippen molar-refractivity contribution in [1.82, 2.24) is 10.0 Å². The lowest BCUT2D eigenvalue weighted by Crippen LogP contribution is -2.28. The van der Waals surface area contributed by atoms with Crippen LogP contribution in [-0.2, 0) is 14.8 Å². The summed E-state index contributed by atoms with van der Waals surface area (Å²) in [7, 11) is -1.23. The molecule has 6 heteroatoms. The maximum Gasteiger partial charge on any atom is 0.211 e. The van der Waals surface area contributed by atoms with Crippen LogP contribution in [0.3, 0.4) is 0 Å². The molecule has 0 aliphatic carbocycles. The number of hydrogen-bond acceptors (Lipinski definition) is 4. The second kappa shape index (κ2) is 10.7. The first-order valence-electron chi connectivity index (χ1n) is 6.67. The molecule has 2 N–H and O–H groups in total. The van der Waals surface area contributed by atoms with Crippen LogP contribution in [0, 0.1) is 5.92 Å². The van der Waals surface area contributed by atoms with Crippen LogP contribution in [0.2, 0.25) is 0 Å². The van der Waals surface area contributed by atoms with Gasteiger partial charge in [0.05, 0.1) is 5.75 Å². The van der Waals surface area contributed by atoms with E-state index in [1.807, 2.05) is 7.05 Å². The smallest absolute Gasteiger partial charge is 0.211 e. The molecular weight excluding hydrogens is 252 g/mol. The van der Waals surface area contributed by atoms with Gasteiger partial charge in [-0.25, -0.2) is 13.1 Å². The molecule has 0 aromatic carbocycles.